The molecular weight excluding hydrogens is 688 g/mol. The zero-order chi connectivity index (χ0) is 35.7. The average Bonchev–Trinajstić information content (AvgIpc) is 3.52. The smallest absolute Gasteiger partial charge is 0.258 e. The van der Waals surface area contributed by atoms with Crippen LogP contribution in [0.3, 0.4) is 0 Å². The minimum Gasteiger partial charge on any atom is -0.258 e. The highest BCUT2D eigenvalue weighted by atomic mass is 35.5. The first-order valence-corrected chi connectivity index (χ1v) is 18.7. The summed E-state index contributed by atoms with van der Waals surface area (Å²) in [5.74, 6) is 0. The maximum atomic E-state index is 11.0. The van der Waals surface area contributed by atoms with Crippen LogP contribution in [0.25, 0.3) is 22.3 Å². The minimum atomic E-state index is -0.446. The summed E-state index contributed by atoms with van der Waals surface area (Å²) in [6.45, 7) is 4.02. The van der Waals surface area contributed by atoms with Crippen LogP contribution in [-0.4, -0.2) is 4.92 Å². The van der Waals surface area contributed by atoms with Gasteiger partial charge in [-0.25, -0.2) is 0 Å². The molecule has 0 bridgehead atoms. The quantitative estimate of drug-likeness (QED) is 0.101. The van der Waals surface area contributed by atoms with E-state index in [1.54, 1.807) is 36.4 Å². The lowest BCUT2D eigenvalue weighted by Gasteiger charge is -2.18. The summed E-state index contributed by atoms with van der Waals surface area (Å²) in [6, 6.07) is 57.1. The van der Waals surface area contributed by atoms with E-state index >= 15 is 0 Å². The number of rotatable bonds is 5. The molecule has 0 saturated carbocycles. The molecule has 7 aromatic rings. The van der Waals surface area contributed by atoms with Crippen molar-refractivity contribution in [3.8, 4) is 22.3 Å². The van der Waals surface area contributed by atoms with Gasteiger partial charge in [0.15, 0.2) is 0 Å². The Morgan fingerprint density at radius 1 is 0.510 bits per heavy atom. The number of benzene rings is 7. The largest absolute Gasteiger partial charge is 0.277 e. The van der Waals surface area contributed by atoms with Gasteiger partial charge in [-0.05, 0) is 113 Å². The predicted molar refractivity (Wildman–Crippen MR) is 218 cm³/mol. The maximum Gasteiger partial charge on any atom is 0.277 e. The van der Waals surface area contributed by atoms with Crippen LogP contribution in [0.1, 0.15) is 22.3 Å². The van der Waals surface area contributed by atoms with Gasteiger partial charge in [-0.15, -0.1) is 0 Å². The van der Waals surface area contributed by atoms with Crippen LogP contribution < -0.4 is 15.9 Å². The number of hydrogen-bond donors (Lipinski definition) is 0. The zero-order valence-corrected chi connectivity index (χ0v) is 30.7. The van der Waals surface area contributed by atoms with Gasteiger partial charge in [0, 0.05) is 16.1 Å². The van der Waals surface area contributed by atoms with Gasteiger partial charge in [-0.1, -0.05) is 157 Å². The SMILES string of the molecule is Cc1cc(Cl)cc2c1-c1ccccc1C2.Cc1cc(Cl)ccc1-c1ccccc1[N+](=O)[O-].c1ccc(P(c2ccccc2)c2ccccc2)cc1. The number of nitrogens with zero attached hydrogens (tertiary/aromatic N) is 1. The third-order valence-corrected chi connectivity index (χ3v) is 11.6. The molecule has 252 valence electrons. The van der Waals surface area contributed by atoms with E-state index in [2.05, 4.69) is 128 Å². The van der Waals surface area contributed by atoms with Crippen molar-refractivity contribution in [2.45, 2.75) is 20.3 Å². The van der Waals surface area contributed by atoms with Crippen LogP contribution in [-0.2, 0) is 6.42 Å². The van der Waals surface area contributed by atoms with E-state index in [1.165, 1.54) is 49.8 Å². The first kappa shape index (κ1) is 35.8. The van der Waals surface area contributed by atoms with Crippen molar-refractivity contribution in [1.29, 1.82) is 0 Å². The van der Waals surface area contributed by atoms with Crippen molar-refractivity contribution < 1.29 is 4.92 Å². The summed E-state index contributed by atoms with van der Waals surface area (Å²) in [5, 5.41) is 16.6. The lowest BCUT2D eigenvalue weighted by Crippen LogP contribution is -2.20. The molecule has 1 aliphatic carbocycles. The van der Waals surface area contributed by atoms with E-state index in [0.29, 0.717) is 10.6 Å². The van der Waals surface area contributed by atoms with Gasteiger partial charge in [0.25, 0.3) is 5.69 Å². The van der Waals surface area contributed by atoms with Gasteiger partial charge in [-0.2, -0.15) is 0 Å². The zero-order valence-electron chi connectivity index (χ0n) is 28.3. The van der Waals surface area contributed by atoms with Crippen LogP contribution in [0.15, 0.2) is 170 Å². The monoisotopic (exact) mass is 723 g/mol. The van der Waals surface area contributed by atoms with Gasteiger partial charge >= 0.3 is 0 Å². The van der Waals surface area contributed by atoms with Crippen LogP contribution in [0.2, 0.25) is 10.0 Å². The molecule has 0 aromatic heterocycles. The average molecular weight is 725 g/mol. The molecule has 0 N–H and O–H groups in total. The number of nitro benzene ring substituents is 1. The molecular formula is C45H36Cl2NO2P. The second-order valence-corrected chi connectivity index (χ2v) is 15.3. The Bertz CT molecular complexity index is 2170. The number of fused-ring (bicyclic) bond motifs is 3. The summed E-state index contributed by atoms with van der Waals surface area (Å²) in [7, 11) is -0.446. The summed E-state index contributed by atoms with van der Waals surface area (Å²) in [6.07, 6.45) is 1.02. The fourth-order valence-electron chi connectivity index (χ4n) is 6.43. The molecule has 0 radical (unpaired) electrons. The topological polar surface area (TPSA) is 43.1 Å². The molecule has 3 nitrogen and oxygen atoms in total. The van der Waals surface area contributed by atoms with Crippen LogP contribution in [0.5, 0.6) is 0 Å². The summed E-state index contributed by atoms with van der Waals surface area (Å²) >= 11 is 11.9. The normalized spacial score (nSPS) is 11.0. The van der Waals surface area contributed by atoms with Crippen molar-refractivity contribution >= 4 is 52.7 Å². The molecule has 7 aromatic carbocycles. The molecule has 6 heteroatoms. The summed E-state index contributed by atoms with van der Waals surface area (Å²) in [5.41, 5.74) is 9.30. The lowest BCUT2D eigenvalue weighted by atomic mass is 9.99. The molecule has 0 spiro atoms. The first-order chi connectivity index (χ1) is 24.8. The Labute approximate surface area is 311 Å². The van der Waals surface area contributed by atoms with E-state index in [9.17, 15) is 10.1 Å². The minimum absolute atomic E-state index is 0.109. The Morgan fingerprint density at radius 3 is 1.55 bits per heavy atom. The van der Waals surface area contributed by atoms with E-state index in [1.807, 2.05) is 13.0 Å². The Kier molecular flexibility index (Phi) is 11.8. The van der Waals surface area contributed by atoms with Crippen molar-refractivity contribution in [3.05, 3.63) is 212 Å². The number of aryl methyl sites for hydroxylation is 2. The third kappa shape index (κ3) is 8.64. The van der Waals surface area contributed by atoms with Gasteiger partial charge in [0.2, 0.25) is 0 Å². The van der Waals surface area contributed by atoms with Gasteiger partial charge in [0.05, 0.1) is 10.5 Å². The molecule has 0 aliphatic heterocycles. The van der Waals surface area contributed by atoms with Gasteiger partial charge < -0.3 is 0 Å². The second-order valence-electron chi connectivity index (χ2n) is 12.2. The van der Waals surface area contributed by atoms with E-state index in [4.69, 9.17) is 23.2 Å². The lowest BCUT2D eigenvalue weighted by molar-refractivity contribution is -0.384. The molecule has 0 fully saturated rings. The Hall–Kier alpha value is -5.05. The fourth-order valence-corrected chi connectivity index (χ4v) is 9.26. The molecule has 0 heterocycles. The van der Waals surface area contributed by atoms with Crippen molar-refractivity contribution in [3.63, 3.8) is 0 Å². The first-order valence-electron chi connectivity index (χ1n) is 16.6. The molecule has 0 unspecified atom stereocenters. The Morgan fingerprint density at radius 2 is 1.00 bits per heavy atom. The van der Waals surface area contributed by atoms with Crippen molar-refractivity contribution in [2.75, 3.05) is 0 Å². The summed E-state index contributed by atoms with van der Waals surface area (Å²) in [4.78, 5) is 10.6. The fraction of sp³-hybridized carbons (Fsp3) is 0.0667. The van der Waals surface area contributed by atoms with E-state index in [-0.39, 0.29) is 10.6 Å². The highest BCUT2D eigenvalue weighted by Gasteiger charge is 2.20. The van der Waals surface area contributed by atoms with Gasteiger partial charge in [0.1, 0.15) is 0 Å². The van der Waals surface area contributed by atoms with Gasteiger partial charge in [-0.3, -0.25) is 10.1 Å². The Balaban J connectivity index is 0.000000133. The number of halogens is 2. The molecule has 0 atom stereocenters. The maximum absolute atomic E-state index is 11.0. The standard InChI is InChI=1S/C18H15P.C14H11Cl.C13H10ClNO2/c1-4-10-16(11-5-1)19(17-12-6-2-7-13-17)18-14-8-3-9-15-18;1-9-6-12(15)8-11-7-10-4-2-3-5-13(10)14(9)11;1-9-8-10(14)6-7-11(9)12-4-2-3-5-13(12)15(16)17/h1-15H;2-6,8H,7H2,1H3;2-8H,1H3. The third-order valence-electron chi connectivity index (χ3n) is 8.67. The molecule has 51 heavy (non-hydrogen) atoms. The summed E-state index contributed by atoms with van der Waals surface area (Å²) < 4.78 is 0. The highest BCUT2D eigenvalue weighted by molar-refractivity contribution is 7.79. The van der Waals surface area contributed by atoms with E-state index < -0.39 is 7.92 Å². The number of nitro groups is 1. The molecule has 0 amide bonds. The predicted octanol–water partition coefficient (Wildman–Crippen LogP) is 11.9. The number of para-hydroxylation sites is 1. The highest BCUT2D eigenvalue weighted by Crippen LogP contribution is 2.40. The second kappa shape index (κ2) is 16.8. The molecule has 0 saturated heterocycles. The van der Waals surface area contributed by atoms with Crippen molar-refractivity contribution in [2.24, 2.45) is 0 Å². The van der Waals surface area contributed by atoms with E-state index in [0.717, 1.165) is 22.6 Å². The molecule has 8 rings (SSSR count). The van der Waals surface area contributed by atoms with Crippen LogP contribution >= 0.6 is 31.1 Å². The van der Waals surface area contributed by atoms with Crippen LogP contribution in [0, 0.1) is 24.0 Å². The van der Waals surface area contributed by atoms with Crippen molar-refractivity contribution in [1.82, 2.24) is 0 Å². The molecule has 1 aliphatic rings. The van der Waals surface area contributed by atoms with Crippen LogP contribution in [0.4, 0.5) is 5.69 Å². The number of hydrogen-bond acceptors (Lipinski definition) is 2.